The summed E-state index contributed by atoms with van der Waals surface area (Å²) in [5.41, 5.74) is 2.22. The van der Waals surface area contributed by atoms with E-state index >= 15 is 0 Å². The highest BCUT2D eigenvalue weighted by Crippen LogP contribution is 2.20. The van der Waals surface area contributed by atoms with E-state index in [4.69, 9.17) is 0 Å². The number of sulfone groups is 1. The lowest BCUT2D eigenvalue weighted by Crippen LogP contribution is -2.44. The molecule has 2 saturated heterocycles. The van der Waals surface area contributed by atoms with E-state index in [2.05, 4.69) is 34.3 Å². The van der Waals surface area contributed by atoms with Crippen molar-refractivity contribution in [3.63, 3.8) is 0 Å². The number of nitrogens with one attached hydrogen (secondary N) is 1. The molecule has 1 unspecified atom stereocenters. The fourth-order valence-corrected chi connectivity index (χ4v) is 5.40. The molecule has 1 atom stereocenters. The van der Waals surface area contributed by atoms with E-state index in [1.54, 1.807) is 11.9 Å². The fraction of sp³-hybridized carbons (Fsp3) is 0.632. The van der Waals surface area contributed by atoms with E-state index in [0.717, 1.165) is 31.9 Å². The molecule has 0 spiro atoms. The van der Waals surface area contributed by atoms with Crippen molar-refractivity contribution < 1.29 is 13.2 Å². The standard InChI is InChI=1S/C19H30N4O3S/c1-21-10-12-23(13-11-21)17-5-3-16(4-6-17)20-9-7-19(24)22(2)18-8-14-27(25,26)15-18/h3-6,18,20H,7-15H2,1-2H3. The first kappa shape index (κ1) is 19.9. The second-order valence-electron chi connectivity index (χ2n) is 7.58. The molecule has 0 radical (unpaired) electrons. The second-order valence-corrected chi connectivity index (χ2v) is 9.80. The van der Waals surface area contributed by atoms with Gasteiger partial charge in [-0.15, -0.1) is 0 Å². The molecule has 1 N–H and O–H groups in total. The summed E-state index contributed by atoms with van der Waals surface area (Å²) in [4.78, 5) is 18.6. The number of rotatable bonds is 6. The molecule has 0 bridgehead atoms. The third-order valence-corrected chi connectivity index (χ3v) is 7.30. The summed E-state index contributed by atoms with van der Waals surface area (Å²) in [6, 6.07) is 8.15. The average molecular weight is 395 g/mol. The van der Waals surface area contributed by atoms with Crippen molar-refractivity contribution in [1.29, 1.82) is 0 Å². The molecule has 3 rings (SSSR count). The third-order valence-electron chi connectivity index (χ3n) is 5.55. The average Bonchev–Trinajstić information content (AvgIpc) is 3.02. The van der Waals surface area contributed by atoms with Crippen LogP contribution in [-0.4, -0.2) is 88.5 Å². The van der Waals surface area contributed by atoms with Crippen LogP contribution in [0.2, 0.25) is 0 Å². The minimum atomic E-state index is -2.97. The van der Waals surface area contributed by atoms with Gasteiger partial charge in [-0.3, -0.25) is 4.79 Å². The zero-order valence-corrected chi connectivity index (χ0v) is 17.0. The van der Waals surface area contributed by atoms with Gasteiger partial charge in [0.15, 0.2) is 9.84 Å². The van der Waals surface area contributed by atoms with Gasteiger partial charge in [0.1, 0.15) is 0 Å². The molecule has 0 saturated carbocycles. The van der Waals surface area contributed by atoms with Crippen LogP contribution in [0.25, 0.3) is 0 Å². The maximum atomic E-state index is 12.3. The van der Waals surface area contributed by atoms with Crippen LogP contribution in [0.15, 0.2) is 24.3 Å². The Bertz CT molecular complexity index is 743. The van der Waals surface area contributed by atoms with E-state index in [9.17, 15) is 13.2 Å². The number of hydrogen-bond donors (Lipinski definition) is 1. The highest BCUT2D eigenvalue weighted by Gasteiger charge is 2.32. The number of carbonyl (C=O) groups excluding carboxylic acids is 1. The molecule has 8 heteroatoms. The summed E-state index contributed by atoms with van der Waals surface area (Å²) in [5.74, 6) is 0.266. The highest BCUT2D eigenvalue weighted by atomic mass is 32.2. The summed E-state index contributed by atoms with van der Waals surface area (Å²) in [6.07, 6.45) is 0.902. The summed E-state index contributed by atoms with van der Waals surface area (Å²) in [7, 11) is 0.884. The zero-order valence-electron chi connectivity index (χ0n) is 16.2. The first-order valence-corrected chi connectivity index (χ1v) is 11.4. The first-order valence-electron chi connectivity index (χ1n) is 9.57. The molecule has 0 aliphatic carbocycles. The molecule has 2 aliphatic rings. The number of carbonyl (C=O) groups is 1. The van der Waals surface area contributed by atoms with Gasteiger partial charge in [-0.2, -0.15) is 0 Å². The Balaban J connectivity index is 1.43. The van der Waals surface area contributed by atoms with Gasteiger partial charge in [0.2, 0.25) is 5.91 Å². The minimum absolute atomic E-state index is 0.0151. The molecule has 1 amide bonds. The molecule has 7 nitrogen and oxygen atoms in total. The molecule has 2 heterocycles. The SMILES string of the molecule is CN1CCN(c2ccc(NCCC(=O)N(C)C3CCS(=O)(=O)C3)cc2)CC1. The van der Waals surface area contributed by atoms with Crippen LogP contribution < -0.4 is 10.2 Å². The summed E-state index contributed by atoms with van der Waals surface area (Å²) in [5, 5.41) is 3.28. The van der Waals surface area contributed by atoms with Gasteiger partial charge in [0.25, 0.3) is 0 Å². The van der Waals surface area contributed by atoms with E-state index < -0.39 is 9.84 Å². The number of likely N-dealkylation sites (N-methyl/N-ethyl adjacent to an activating group) is 1. The van der Waals surface area contributed by atoms with Gasteiger partial charge < -0.3 is 20.0 Å². The van der Waals surface area contributed by atoms with Crippen LogP contribution in [0.1, 0.15) is 12.8 Å². The van der Waals surface area contributed by atoms with Crippen molar-refractivity contribution in [3.05, 3.63) is 24.3 Å². The van der Waals surface area contributed by atoms with Crippen molar-refractivity contribution in [3.8, 4) is 0 Å². The number of hydrogen-bond acceptors (Lipinski definition) is 6. The lowest BCUT2D eigenvalue weighted by atomic mass is 10.2. The molecule has 27 heavy (non-hydrogen) atoms. The first-order chi connectivity index (χ1) is 12.8. The maximum Gasteiger partial charge on any atom is 0.224 e. The van der Waals surface area contributed by atoms with Crippen molar-refractivity contribution in [2.75, 3.05) is 68.5 Å². The molecule has 1 aromatic carbocycles. The Labute approximate surface area is 162 Å². The van der Waals surface area contributed by atoms with Crippen LogP contribution in [0.4, 0.5) is 11.4 Å². The van der Waals surface area contributed by atoms with E-state index in [1.807, 2.05) is 12.1 Å². The summed E-state index contributed by atoms with van der Waals surface area (Å²) in [6.45, 7) is 4.79. The number of anilines is 2. The van der Waals surface area contributed by atoms with Crippen molar-refractivity contribution in [1.82, 2.24) is 9.80 Å². The Hall–Kier alpha value is -1.80. The number of piperazine rings is 1. The van der Waals surface area contributed by atoms with Crippen molar-refractivity contribution >= 4 is 27.1 Å². The van der Waals surface area contributed by atoms with Crippen LogP contribution >= 0.6 is 0 Å². The monoisotopic (exact) mass is 394 g/mol. The largest absolute Gasteiger partial charge is 0.385 e. The normalized spacial score (nSPS) is 22.6. The Morgan fingerprint density at radius 1 is 1.19 bits per heavy atom. The Kier molecular flexibility index (Phi) is 6.26. The van der Waals surface area contributed by atoms with E-state index in [0.29, 0.717) is 19.4 Å². The van der Waals surface area contributed by atoms with Crippen molar-refractivity contribution in [2.45, 2.75) is 18.9 Å². The van der Waals surface area contributed by atoms with Gasteiger partial charge in [-0.25, -0.2) is 8.42 Å². The molecule has 1 aromatic rings. The fourth-order valence-electron chi connectivity index (χ4n) is 3.63. The number of nitrogens with zero attached hydrogens (tertiary/aromatic N) is 3. The van der Waals surface area contributed by atoms with Crippen LogP contribution in [0.5, 0.6) is 0 Å². The molecular weight excluding hydrogens is 364 g/mol. The van der Waals surface area contributed by atoms with Crippen LogP contribution in [0, 0.1) is 0 Å². The van der Waals surface area contributed by atoms with Gasteiger partial charge in [-0.05, 0) is 37.7 Å². The van der Waals surface area contributed by atoms with Gasteiger partial charge in [0.05, 0.1) is 11.5 Å². The lowest BCUT2D eigenvalue weighted by molar-refractivity contribution is -0.131. The topological polar surface area (TPSA) is 73.0 Å². The Morgan fingerprint density at radius 3 is 2.44 bits per heavy atom. The molecule has 2 aliphatic heterocycles. The van der Waals surface area contributed by atoms with Crippen LogP contribution in [-0.2, 0) is 14.6 Å². The lowest BCUT2D eigenvalue weighted by Gasteiger charge is -2.34. The van der Waals surface area contributed by atoms with Gasteiger partial charge in [0, 0.05) is 63.6 Å². The maximum absolute atomic E-state index is 12.3. The predicted molar refractivity (Wildman–Crippen MR) is 109 cm³/mol. The number of amides is 1. The quantitative estimate of drug-likeness (QED) is 0.772. The van der Waals surface area contributed by atoms with E-state index in [1.165, 1.54) is 5.69 Å². The van der Waals surface area contributed by atoms with Gasteiger partial charge >= 0.3 is 0 Å². The molecular formula is C19H30N4O3S. The summed E-state index contributed by atoms with van der Waals surface area (Å²) < 4.78 is 23.1. The Morgan fingerprint density at radius 2 is 1.85 bits per heavy atom. The summed E-state index contributed by atoms with van der Waals surface area (Å²) >= 11 is 0. The predicted octanol–water partition coefficient (Wildman–Crippen LogP) is 0.886. The minimum Gasteiger partial charge on any atom is -0.385 e. The number of benzene rings is 1. The highest BCUT2D eigenvalue weighted by molar-refractivity contribution is 7.91. The molecule has 150 valence electrons. The smallest absolute Gasteiger partial charge is 0.224 e. The third kappa shape index (κ3) is 5.35. The second kappa shape index (κ2) is 8.48. The van der Waals surface area contributed by atoms with Crippen molar-refractivity contribution in [2.24, 2.45) is 0 Å². The zero-order chi connectivity index (χ0) is 19.4. The molecule has 2 fully saturated rings. The van der Waals surface area contributed by atoms with Crippen LogP contribution in [0.3, 0.4) is 0 Å². The van der Waals surface area contributed by atoms with E-state index in [-0.39, 0.29) is 23.5 Å². The van der Waals surface area contributed by atoms with Gasteiger partial charge in [-0.1, -0.05) is 0 Å². The molecule has 0 aromatic heterocycles.